The lowest BCUT2D eigenvalue weighted by Crippen LogP contribution is -2.28. The number of hydrogen-bond donors (Lipinski definition) is 1. The Morgan fingerprint density at radius 2 is 2.13 bits per heavy atom. The van der Waals surface area contributed by atoms with Gasteiger partial charge in [-0.15, -0.1) is 0 Å². The number of aryl methyl sites for hydroxylation is 1. The minimum absolute atomic E-state index is 0.827. The molecule has 1 fully saturated rings. The summed E-state index contributed by atoms with van der Waals surface area (Å²) in [5.41, 5.74) is 2.59. The molecule has 82 valence electrons. The number of anilines is 1. The largest absolute Gasteiger partial charge is 0.370 e. The van der Waals surface area contributed by atoms with Crippen molar-refractivity contribution in [2.24, 2.45) is 0 Å². The van der Waals surface area contributed by atoms with Crippen LogP contribution in [0.2, 0.25) is 5.02 Å². The standard InChI is InChI=1S/C12H17ClN2/c1-10-3-4-11(13)9-12(10)15-7-2-5-14-6-8-15/h3-4,9,14H,2,5-8H2,1H3. The molecule has 3 heteroatoms. The first-order valence-electron chi connectivity index (χ1n) is 5.49. The van der Waals surface area contributed by atoms with Gasteiger partial charge in [-0.25, -0.2) is 0 Å². The minimum Gasteiger partial charge on any atom is -0.370 e. The molecule has 1 aliphatic rings. The normalized spacial score (nSPS) is 17.6. The molecule has 0 spiro atoms. The second-order valence-corrected chi connectivity index (χ2v) is 4.46. The summed E-state index contributed by atoms with van der Waals surface area (Å²) >= 11 is 6.03. The van der Waals surface area contributed by atoms with Crippen LogP contribution >= 0.6 is 11.6 Å². The van der Waals surface area contributed by atoms with Crippen LogP contribution in [0.1, 0.15) is 12.0 Å². The highest BCUT2D eigenvalue weighted by Crippen LogP contribution is 2.24. The highest BCUT2D eigenvalue weighted by atomic mass is 35.5. The van der Waals surface area contributed by atoms with E-state index in [1.165, 1.54) is 17.7 Å². The third-order valence-electron chi connectivity index (χ3n) is 2.85. The summed E-state index contributed by atoms with van der Waals surface area (Å²) in [6, 6.07) is 6.12. The van der Waals surface area contributed by atoms with Gasteiger partial charge in [0.2, 0.25) is 0 Å². The van der Waals surface area contributed by atoms with Crippen molar-refractivity contribution in [3.8, 4) is 0 Å². The fourth-order valence-corrected chi connectivity index (χ4v) is 2.18. The lowest BCUT2D eigenvalue weighted by Gasteiger charge is -2.24. The Hall–Kier alpha value is -0.730. The molecule has 0 amide bonds. The number of nitrogens with zero attached hydrogens (tertiary/aromatic N) is 1. The number of nitrogens with one attached hydrogen (secondary N) is 1. The van der Waals surface area contributed by atoms with Gasteiger partial charge in [-0.2, -0.15) is 0 Å². The van der Waals surface area contributed by atoms with Gasteiger partial charge in [-0.3, -0.25) is 0 Å². The van der Waals surface area contributed by atoms with Gasteiger partial charge < -0.3 is 10.2 Å². The van der Waals surface area contributed by atoms with Crippen LogP contribution in [0.4, 0.5) is 5.69 Å². The Kier molecular flexibility index (Phi) is 3.49. The van der Waals surface area contributed by atoms with Crippen molar-refractivity contribution in [2.75, 3.05) is 31.1 Å². The molecule has 15 heavy (non-hydrogen) atoms. The Morgan fingerprint density at radius 3 is 3.00 bits per heavy atom. The molecule has 0 bridgehead atoms. The SMILES string of the molecule is Cc1ccc(Cl)cc1N1CCCNCC1. The van der Waals surface area contributed by atoms with Gasteiger partial charge in [0.25, 0.3) is 0 Å². The van der Waals surface area contributed by atoms with E-state index in [0.717, 1.165) is 31.2 Å². The zero-order valence-corrected chi connectivity index (χ0v) is 9.85. The molecule has 1 saturated heterocycles. The average Bonchev–Trinajstić information content (AvgIpc) is 2.50. The van der Waals surface area contributed by atoms with E-state index in [0.29, 0.717) is 0 Å². The second-order valence-electron chi connectivity index (χ2n) is 4.02. The molecule has 1 aliphatic heterocycles. The van der Waals surface area contributed by atoms with Crippen molar-refractivity contribution in [3.63, 3.8) is 0 Å². The average molecular weight is 225 g/mol. The maximum atomic E-state index is 6.03. The molecule has 0 aromatic heterocycles. The third kappa shape index (κ3) is 2.64. The van der Waals surface area contributed by atoms with Gasteiger partial charge in [0.15, 0.2) is 0 Å². The Balaban J connectivity index is 2.22. The molecule has 0 radical (unpaired) electrons. The van der Waals surface area contributed by atoms with Crippen molar-refractivity contribution in [3.05, 3.63) is 28.8 Å². The summed E-state index contributed by atoms with van der Waals surface area (Å²) in [6.45, 7) is 6.52. The van der Waals surface area contributed by atoms with E-state index in [4.69, 9.17) is 11.6 Å². The van der Waals surface area contributed by atoms with Crippen molar-refractivity contribution in [1.29, 1.82) is 0 Å². The molecule has 1 heterocycles. The smallest absolute Gasteiger partial charge is 0.0426 e. The molecular weight excluding hydrogens is 208 g/mol. The molecule has 1 aromatic carbocycles. The van der Waals surface area contributed by atoms with Crippen LogP contribution in [0.5, 0.6) is 0 Å². The predicted octanol–water partition coefficient (Wildman–Crippen LogP) is 2.45. The highest BCUT2D eigenvalue weighted by Gasteiger charge is 2.11. The van der Waals surface area contributed by atoms with Gasteiger partial charge in [-0.05, 0) is 37.6 Å². The van der Waals surface area contributed by atoms with Crippen LogP contribution in [0.25, 0.3) is 0 Å². The van der Waals surface area contributed by atoms with E-state index >= 15 is 0 Å². The quantitative estimate of drug-likeness (QED) is 0.789. The predicted molar refractivity (Wildman–Crippen MR) is 65.9 cm³/mol. The van der Waals surface area contributed by atoms with E-state index in [1.54, 1.807) is 0 Å². The summed E-state index contributed by atoms with van der Waals surface area (Å²) in [7, 11) is 0. The first-order chi connectivity index (χ1) is 7.27. The van der Waals surface area contributed by atoms with Crippen molar-refractivity contribution < 1.29 is 0 Å². The number of rotatable bonds is 1. The van der Waals surface area contributed by atoms with Gasteiger partial charge in [-0.1, -0.05) is 17.7 Å². The molecular formula is C12H17ClN2. The molecule has 0 atom stereocenters. The Bertz CT molecular complexity index is 330. The minimum atomic E-state index is 0.827. The van der Waals surface area contributed by atoms with Gasteiger partial charge in [0.1, 0.15) is 0 Å². The molecule has 0 saturated carbocycles. The Morgan fingerprint density at radius 1 is 1.27 bits per heavy atom. The maximum Gasteiger partial charge on any atom is 0.0426 e. The third-order valence-corrected chi connectivity index (χ3v) is 3.09. The first-order valence-corrected chi connectivity index (χ1v) is 5.87. The highest BCUT2D eigenvalue weighted by molar-refractivity contribution is 6.30. The number of halogens is 1. The Labute approximate surface area is 96.2 Å². The summed E-state index contributed by atoms with van der Waals surface area (Å²) in [6.07, 6.45) is 1.20. The van der Waals surface area contributed by atoms with E-state index < -0.39 is 0 Å². The van der Waals surface area contributed by atoms with Gasteiger partial charge in [0, 0.05) is 30.3 Å². The lowest BCUT2D eigenvalue weighted by atomic mass is 10.1. The molecule has 0 aliphatic carbocycles. The molecule has 2 rings (SSSR count). The van der Waals surface area contributed by atoms with Crippen molar-refractivity contribution in [1.82, 2.24) is 5.32 Å². The fraction of sp³-hybridized carbons (Fsp3) is 0.500. The van der Waals surface area contributed by atoms with Crippen LogP contribution in [0.3, 0.4) is 0 Å². The topological polar surface area (TPSA) is 15.3 Å². The van der Waals surface area contributed by atoms with Crippen LogP contribution in [0, 0.1) is 6.92 Å². The summed E-state index contributed by atoms with van der Waals surface area (Å²) in [4.78, 5) is 2.42. The van der Waals surface area contributed by atoms with Crippen LogP contribution in [-0.4, -0.2) is 26.2 Å². The van der Waals surface area contributed by atoms with E-state index in [-0.39, 0.29) is 0 Å². The summed E-state index contributed by atoms with van der Waals surface area (Å²) in [5.74, 6) is 0. The number of hydrogen-bond acceptors (Lipinski definition) is 2. The van der Waals surface area contributed by atoms with Gasteiger partial charge in [0.05, 0.1) is 0 Å². The first kappa shape index (κ1) is 10.8. The monoisotopic (exact) mass is 224 g/mol. The van der Waals surface area contributed by atoms with E-state index in [2.05, 4.69) is 29.3 Å². The molecule has 2 nitrogen and oxygen atoms in total. The zero-order chi connectivity index (χ0) is 10.7. The molecule has 1 aromatic rings. The summed E-state index contributed by atoms with van der Waals surface area (Å²) in [5, 5.41) is 4.23. The van der Waals surface area contributed by atoms with E-state index in [1.807, 2.05) is 6.07 Å². The van der Waals surface area contributed by atoms with Crippen molar-refractivity contribution >= 4 is 17.3 Å². The molecule has 0 unspecified atom stereocenters. The number of benzene rings is 1. The summed E-state index contributed by atoms with van der Waals surface area (Å²) < 4.78 is 0. The van der Waals surface area contributed by atoms with Crippen LogP contribution in [0.15, 0.2) is 18.2 Å². The zero-order valence-electron chi connectivity index (χ0n) is 9.09. The fourth-order valence-electron chi connectivity index (χ4n) is 2.01. The van der Waals surface area contributed by atoms with Crippen LogP contribution < -0.4 is 10.2 Å². The van der Waals surface area contributed by atoms with Gasteiger partial charge >= 0.3 is 0 Å². The molecule has 1 N–H and O–H groups in total. The lowest BCUT2D eigenvalue weighted by molar-refractivity contribution is 0.724. The van der Waals surface area contributed by atoms with Crippen LogP contribution in [-0.2, 0) is 0 Å². The second kappa shape index (κ2) is 4.86. The van der Waals surface area contributed by atoms with E-state index in [9.17, 15) is 0 Å². The maximum absolute atomic E-state index is 6.03. The van der Waals surface area contributed by atoms with Crippen molar-refractivity contribution in [2.45, 2.75) is 13.3 Å².